The topological polar surface area (TPSA) is 74.5 Å². The molecule has 0 bridgehead atoms. The smallest absolute Gasteiger partial charge is 0.230 e. The SMILES string of the molecule is CN=C(NCCc1cnn(C)c1)NCC1(C(=O)N(C)C)CCCC1. The first-order chi connectivity index (χ1) is 11.5. The Morgan fingerprint density at radius 1 is 1.38 bits per heavy atom. The molecule has 0 aliphatic heterocycles. The lowest BCUT2D eigenvalue weighted by Gasteiger charge is -2.31. The number of aryl methyl sites for hydroxylation is 1. The van der Waals surface area contributed by atoms with Crippen LogP contribution in [0.4, 0.5) is 0 Å². The highest BCUT2D eigenvalue weighted by molar-refractivity contribution is 5.85. The van der Waals surface area contributed by atoms with E-state index in [-0.39, 0.29) is 11.3 Å². The third-order valence-corrected chi connectivity index (χ3v) is 4.70. The van der Waals surface area contributed by atoms with Gasteiger partial charge < -0.3 is 15.5 Å². The molecule has 134 valence electrons. The summed E-state index contributed by atoms with van der Waals surface area (Å²) < 4.78 is 1.80. The Bertz CT molecular complexity index is 571. The summed E-state index contributed by atoms with van der Waals surface area (Å²) in [4.78, 5) is 18.6. The highest BCUT2D eigenvalue weighted by Crippen LogP contribution is 2.38. The first-order valence-corrected chi connectivity index (χ1v) is 8.61. The molecule has 1 aliphatic carbocycles. The summed E-state index contributed by atoms with van der Waals surface area (Å²) >= 11 is 0. The molecule has 1 saturated carbocycles. The quantitative estimate of drug-likeness (QED) is 0.595. The number of aliphatic imine (C=N–C) groups is 1. The number of rotatable bonds is 6. The van der Waals surface area contributed by atoms with Crippen molar-refractivity contribution in [2.45, 2.75) is 32.1 Å². The Kier molecular flexibility index (Phi) is 6.23. The lowest BCUT2D eigenvalue weighted by molar-refractivity contribution is -0.138. The molecule has 0 atom stereocenters. The van der Waals surface area contributed by atoms with Gasteiger partial charge in [-0.2, -0.15) is 5.10 Å². The van der Waals surface area contributed by atoms with Crippen LogP contribution in [0, 0.1) is 5.41 Å². The maximum absolute atomic E-state index is 12.6. The zero-order valence-electron chi connectivity index (χ0n) is 15.3. The van der Waals surface area contributed by atoms with Crippen LogP contribution in [-0.4, -0.2) is 60.8 Å². The van der Waals surface area contributed by atoms with Crippen LogP contribution < -0.4 is 10.6 Å². The molecule has 24 heavy (non-hydrogen) atoms. The van der Waals surface area contributed by atoms with E-state index in [1.807, 2.05) is 33.5 Å². The van der Waals surface area contributed by atoms with Gasteiger partial charge in [0.1, 0.15) is 0 Å². The van der Waals surface area contributed by atoms with Crippen molar-refractivity contribution in [1.29, 1.82) is 0 Å². The van der Waals surface area contributed by atoms with Gasteiger partial charge in [0.25, 0.3) is 0 Å². The van der Waals surface area contributed by atoms with E-state index in [4.69, 9.17) is 0 Å². The summed E-state index contributed by atoms with van der Waals surface area (Å²) in [6.45, 7) is 1.41. The number of nitrogens with one attached hydrogen (secondary N) is 2. The van der Waals surface area contributed by atoms with Crippen LogP contribution in [-0.2, 0) is 18.3 Å². The van der Waals surface area contributed by atoms with Crippen molar-refractivity contribution < 1.29 is 4.79 Å². The van der Waals surface area contributed by atoms with E-state index in [0.29, 0.717) is 6.54 Å². The van der Waals surface area contributed by atoms with Crippen LogP contribution in [0.3, 0.4) is 0 Å². The van der Waals surface area contributed by atoms with Crippen molar-refractivity contribution >= 4 is 11.9 Å². The fourth-order valence-electron chi connectivity index (χ4n) is 3.39. The number of hydrogen-bond donors (Lipinski definition) is 2. The normalized spacial score (nSPS) is 16.9. The van der Waals surface area contributed by atoms with Crippen molar-refractivity contribution in [1.82, 2.24) is 25.3 Å². The maximum atomic E-state index is 12.6. The Balaban J connectivity index is 1.84. The highest BCUT2D eigenvalue weighted by Gasteiger charge is 2.42. The first-order valence-electron chi connectivity index (χ1n) is 8.61. The Labute approximate surface area is 144 Å². The largest absolute Gasteiger partial charge is 0.356 e. The molecule has 0 saturated heterocycles. The monoisotopic (exact) mass is 334 g/mol. The molecular weight excluding hydrogens is 304 g/mol. The second kappa shape index (κ2) is 8.17. The van der Waals surface area contributed by atoms with Gasteiger partial charge in [-0.1, -0.05) is 12.8 Å². The standard InChI is InChI=1S/C17H30N6O/c1-18-16(19-10-7-14-11-21-23(4)12-14)20-13-17(8-5-6-9-17)15(24)22(2)3/h11-12H,5-10,13H2,1-4H3,(H2,18,19,20). The van der Waals surface area contributed by atoms with E-state index < -0.39 is 0 Å². The molecule has 2 N–H and O–H groups in total. The van der Waals surface area contributed by atoms with Gasteiger partial charge in [-0.05, 0) is 24.8 Å². The third kappa shape index (κ3) is 4.49. The molecular formula is C17H30N6O. The van der Waals surface area contributed by atoms with Crippen LogP contribution in [0.15, 0.2) is 17.4 Å². The molecule has 1 aliphatic rings. The lowest BCUT2D eigenvalue weighted by atomic mass is 9.84. The van der Waals surface area contributed by atoms with Gasteiger partial charge in [0.2, 0.25) is 5.91 Å². The fourth-order valence-corrected chi connectivity index (χ4v) is 3.39. The van der Waals surface area contributed by atoms with Crippen molar-refractivity contribution in [2.24, 2.45) is 17.5 Å². The first kappa shape index (κ1) is 18.3. The second-order valence-corrected chi connectivity index (χ2v) is 6.81. The summed E-state index contributed by atoms with van der Waals surface area (Å²) in [6, 6.07) is 0. The molecule has 1 aromatic rings. The molecule has 0 spiro atoms. The summed E-state index contributed by atoms with van der Waals surface area (Å²) in [5, 5.41) is 10.8. The fraction of sp³-hybridized carbons (Fsp3) is 0.706. The molecule has 1 amide bonds. The molecule has 2 rings (SSSR count). The van der Waals surface area contributed by atoms with E-state index in [9.17, 15) is 4.79 Å². The minimum atomic E-state index is -0.287. The van der Waals surface area contributed by atoms with Gasteiger partial charge in [0.05, 0.1) is 11.6 Å². The van der Waals surface area contributed by atoms with Gasteiger partial charge in [-0.15, -0.1) is 0 Å². The number of carbonyl (C=O) groups is 1. The second-order valence-electron chi connectivity index (χ2n) is 6.81. The zero-order chi connectivity index (χ0) is 17.6. The number of hydrogen-bond acceptors (Lipinski definition) is 3. The summed E-state index contributed by atoms with van der Waals surface area (Å²) in [6.07, 6.45) is 8.91. The summed E-state index contributed by atoms with van der Waals surface area (Å²) in [5.41, 5.74) is 0.903. The third-order valence-electron chi connectivity index (χ3n) is 4.70. The number of nitrogens with zero attached hydrogens (tertiary/aromatic N) is 4. The molecule has 0 radical (unpaired) electrons. The van der Waals surface area contributed by atoms with Gasteiger partial charge in [0.15, 0.2) is 5.96 Å². The molecule has 1 heterocycles. The van der Waals surface area contributed by atoms with Crippen LogP contribution >= 0.6 is 0 Å². The van der Waals surface area contributed by atoms with Crippen LogP contribution in [0.2, 0.25) is 0 Å². The van der Waals surface area contributed by atoms with E-state index in [0.717, 1.165) is 44.6 Å². The number of amides is 1. The Morgan fingerprint density at radius 2 is 2.08 bits per heavy atom. The minimum Gasteiger partial charge on any atom is -0.356 e. The molecule has 7 nitrogen and oxygen atoms in total. The zero-order valence-corrected chi connectivity index (χ0v) is 15.3. The molecule has 1 fully saturated rings. The average molecular weight is 334 g/mol. The Morgan fingerprint density at radius 3 is 2.62 bits per heavy atom. The Hall–Kier alpha value is -2.05. The molecule has 1 aromatic heterocycles. The van der Waals surface area contributed by atoms with Crippen LogP contribution in [0.1, 0.15) is 31.2 Å². The lowest BCUT2D eigenvalue weighted by Crippen LogP contribution is -2.49. The highest BCUT2D eigenvalue weighted by atomic mass is 16.2. The maximum Gasteiger partial charge on any atom is 0.230 e. The van der Waals surface area contributed by atoms with Gasteiger partial charge in [-0.3, -0.25) is 14.5 Å². The molecule has 0 aromatic carbocycles. The van der Waals surface area contributed by atoms with E-state index in [2.05, 4.69) is 20.7 Å². The van der Waals surface area contributed by atoms with Gasteiger partial charge >= 0.3 is 0 Å². The predicted molar refractivity (Wildman–Crippen MR) is 95.9 cm³/mol. The number of guanidine groups is 1. The minimum absolute atomic E-state index is 0.221. The van der Waals surface area contributed by atoms with Crippen LogP contribution in [0.5, 0.6) is 0 Å². The van der Waals surface area contributed by atoms with Gasteiger partial charge in [-0.25, -0.2) is 0 Å². The van der Waals surface area contributed by atoms with Gasteiger partial charge in [0, 0.05) is 47.5 Å². The molecule has 7 heteroatoms. The van der Waals surface area contributed by atoms with E-state index >= 15 is 0 Å². The van der Waals surface area contributed by atoms with Crippen molar-refractivity contribution in [2.75, 3.05) is 34.2 Å². The van der Waals surface area contributed by atoms with Crippen molar-refractivity contribution in [3.63, 3.8) is 0 Å². The number of carbonyl (C=O) groups excluding carboxylic acids is 1. The molecule has 0 unspecified atom stereocenters. The van der Waals surface area contributed by atoms with Crippen molar-refractivity contribution in [3.8, 4) is 0 Å². The van der Waals surface area contributed by atoms with Crippen LogP contribution in [0.25, 0.3) is 0 Å². The van der Waals surface area contributed by atoms with E-state index in [1.165, 1.54) is 5.56 Å². The summed E-state index contributed by atoms with van der Waals surface area (Å²) in [5.74, 6) is 0.968. The number of aromatic nitrogens is 2. The summed E-state index contributed by atoms with van der Waals surface area (Å²) in [7, 11) is 7.35. The van der Waals surface area contributed by atoms with E-state index in [1.54, 1.807) is 16.6 Å². The average Bonchev–Trinajstić information content (AvgIpc) is 3.19. The van der Waals surface area contributed by atoms with Crippen molar-refractivity contribution in [3.05, 3.63) is 18.0 Å². The predicted octanol–water partition coefficient (Wildman–Crippen LogP) is 0.776.